The van der Waals surface area contributed by atoms with Crippen molar-refractivity contribution in [1.29, 1.82) is 0 Å². The Labute approximate surface area is 144 Å². The zero-order valence-electron chi connectivity index (χ0n) is 13.9. The lowest BCUT2D eigenvalue weighted by Gasteiger charge is -2.19. The number of nitrogens with zero attached hydrogens (tertiary/aromatic N) is 2. The number of nitrogens with one attached hydrogen (secondary N) is 2. The number of hydrogen-bond acceptors (Lipinski definition) is 4. The lowest BCUT2D eigenvalue weighted by molar-refractivity contribution is -0.143. The Hall–Kier alpha value is -2.16. The van der Waals surface area contributed by atoms with Gasteiger partial charge in [-0.3, -0.25) is 9.89 Å². The second-order valence-corrected chi connectivity index (χ2v) is 6.09. The molecule has 2 heterocycles. The Morgan fingerprint density at radius 1 is 1.32 bits per heavy atom. The van der Waals surface area contributed by atoms with Gasteiger partial charge in [0.2, 0.25) is 6.79 Å². The van der Waals surface area contributed by atoms with E-state index in [9.17, 15) is 13.2 Å². The predicted molar refractivity (Wildman–Crippen MR) is 86.8 cm³/mol. The number of hydrogen-bond donors (Lipinski definition) is 2. The average molecular weight is 358 g/mol. The molecule has 1 saturated heterocycles. The minimum atomic E-state index is -4.16. The van der Waals surface area contributed by atoms with Crippen LogP contribution in [0.25, 0.3) is 0 Å². The summed E-state index contributed by atoms with van der Waals surface area (Å²) in [6.07, 6.45) is -3.50. The van der Waals surface area contributed by atoms with Crippen molar-refractivity contribution < 1.29 is 22.6 Å². The molecule has 1 aromatic rings. The molecule has 0 spiro atoms. The summed E-state index contributed by atoms with van der Waals surface area (Å²) < 4.78 is 48.0. The molecular formula is C16H21F3N4O2. The molecule has 6 nitrogen and oxygen atoms in total. The summed E-state index contributed by atoms with van der Waals surface area (Å²) in [5.74, 6) is 2.00. The van der Waals surface area contributed by atoms with Crippen LogP contribution in [0, 0.1) is 0 Å². The first kappa shape index (κ1) is 17.7. The van der Waals surface area contributed by atoms with Gasteiger partial charge in [-0.05, 0) is 24.1 Å². The van der Waals surface area contributed by atoms with Crippen LogP contribution in [-0.2, 0) is 6.54 Å². The molecule has 0 amide bonds. The number of ether oxygens (including phenoxy) is 2. The Bertz CT molecular complexity index is 636. The summed E-state index contributed by atoms with van der Waals surface area (Å²) in [6, 6.07) is 5.62. The van der Waals surface area contributed by atoms with E-state index in [1.54, 1.807) is 7.05 Å². The molecular weight excluding hydrogens is 337 g/mol. The third-order valence-electron chi connectivity index (χ3n) is 4.14. The van der Waals surface area contributed by atoms with Gasteiger partial charge >= 0.3 is 6.18 Å². The highest BCUT2D eigenvalue weighted by molar-refractivity contribution is 5.80. The van der Waals surface area contributed by atoms with Crippen molar-refractivity contribution in [3.8, 4) is 11.5 Å². The first-order valence-electron chi connectivity index (χ1n) is 8.08. The largest absolute Gasteiger partial charge is 0.454 e. The van der Waals surface area contributed by atoms with Crippen molar-refractivity contribution in [3.05, 3.63) is 23.8 Å². The molecule has 2 aliphatic rings. The molecule has 0 saturated carbocycles. The smallest absolute Gasteiger partial charge is 0.401 e. The number of alkyl halides is 3. The molecule has 2 N–H and O–H groups in total. The Kier molecular flexibility index (Phi) is 5.22. The number of aliphatic imine (C=N–C) groups is 1. The van der Waals surface area contributed by atoms with Crippen molar-refractivity contribution in [2.45, 2.75) is 25.2 Å². The Balaban J connectivity index is 1.47. The Morgan fingerprint density at radius 3 is 2.88 bits per heavy atom. The Morgan fingerprint density at radius 2 is 2.12 bits per heavy atom. The molecule has 0 aromatic heterocycles. The van der Waals surface area contributed by atoms with Crippen molar-refractivity contribution in [3.63, 3.8) is 0 Å². The van der Waals surface area contributed by atoms with Crippen LogP contribution in [0.1, 0.15) is 12.0 Å². The van der Waals surface area contributed by atoms with Gasteiger partial charge in [-0.2, -0.15) is 13.2 Å². The number of rotatable bonds is 4. The minimum Gasteiger partial charge on any atom is -0.454 e. The van der Waals surface area contributed by atoms with Gasteiger partial charge in [0.05, 0.1) is 6.54 Å². The van der Waals surface area contributed by atoms with Gasteiger partial charge < -0.3 is 20.1 Å². The zero-order chi connectivity index (χ0) is 17.9. The standard InChI is InChI=1S/C16H21F3N4O2/c1-20-15(22-12-4-5-23(8-12)9-16(17,18)19)21-7-11-2-3-13-14(6-11)25-10-24-13/h2-3,6,12H,4-5,7-10H2,1H3,(H2,20,21,22). The van der Waals surface area contributed by atoms with Crippen LogP contribution in [0.2, 0.25) is 0 Å². The maximum atomic E-state index is 12.4. The lowest BCUT2D eigenvalue weighted by atomic mass is 10.2. The molecule has 0 radical (unpaired) electrons. The van der Waals surface area contributed by atoms with Crippen molar-refractivity contribution in [2.75, 3.05) is 33.5 Å². The van der Waals surface area contributed by atoms with Gasteiger partial charge in [0.1, 0.15) is 0 Å². The maximum Gasteiger partial charge on any atom is 0.401 e. The number of likely N-dealkylation sites (tertiary alicyclic amines) is 1. The summed E-state index contributed by atoms with van der Waals surface area (Å²) in [5, 5.41) is 6.35. The van der Waals surface area contributed by atoms with Gasteiger partial charge in [0, 0.05) is 32.7 Å². The molecule has 0 bridgehead atoms. The highest BCUT2D eigenvalue weighted by Gasteiger charge is 2.34. The van der Waals surface area contributed by atoms with Crippen LogP contribution in [0.4, 0.5) is 13.2 Å². The zero-order valence-corrected chi connectivity index (χ0v) is 13.9. The lowest BCUT2D eigenvalue weighted by Crippen LogP contribution is -2.44. The van der Waals surface area contributed by atoms with E-state index in [0.717, 1.165) is 11.3 Å². The van der Waals surface area contributed by atoms with E-state index < -0.39 is 12.7 Å². The molecule has 25 heavy (non-hydrogen) atoms. The molecule has 3 rings (SSSR count). The molecule has 1 atom stereocenters. The summed E-state index contributed by atoms with van der Waals surface area (Å²) in [5.41, 5.74) is 0.998. The van der Waals surface area contributed by atoms with Crippen LogP contribution in [0.15, 0.2) is 23.2 Å². The van der Waals surface area contributed by atoms with E-state index in [2.05, 4.69) is 15.6 Å². The van der Waals surface area contributed by atoms with Gasteiger partial charge in [0.25, 0.3) is 0 Å². The van der Waals surface area contributed by atoms with Gasteiger partial charge in [-0.1, -0.05) is 6.07 Å². The normalized spacial score (nSPS) is 20.8. The van der Waals surface area contributed by atoms with Crippen LogP contribution >= 0.6 is 0 Å². The van der Waals surface area contributed by atoms with E-state index in [1.807, 2.05) is 18.2 Å². The van der Waals surface area contributed by atoms with Crippen LogP contribution in [0.5, 0.6) is 11.5 Å². The van der Waals surface area contributed by atoms with Gasteiger partial charge in [-0.25, -0.2) is 0 Å². The molecule has 1 unspecified atom stereocenters. The molecule has 138 valence electrons. The number of benzene rings is 1. The fourth-order valence-corrected chi connectivity index (χ4v) is 2.97. The molecule has 1 fully saturated rings. The monoisotopic (exact) mass is 358 g/mol. The van der Waals surface area contributed by atoms with E-state index >= 15 is 0 Å². The van der Waals surface area contributed by atoms with E-state index in [0.29, 0.717) is 37.8 Å². The molecule has 0 aliphatic carbocycles. The van der Waals surface area contributed by atoms with Gasteiger partial charge in [-0.15, -0.1) is 0 Å². The fourth-order valence-electron chi connectivity index (χ4n) is 2.97. The van der Waals surface area contributed by atoms with Crippen molar-refractivity contribution in [2.24, 2.45) is 4.99 Å². The second kappa shape index (κ2) is 7.38. The minimum absolute atomic E-state index is 0.0506. The molecule has 2 aliphatic heterocycles. The topological polar surface area (TPSA) is 58.1 Å². The highest BCUT2D eigenvalue weighted by Crippen LogP contribution is 2.32. The van der Waals surface area contributed by atoms with Crippen molar-refractivity contribution >= 4 is 5.96 Å². The van der Waals surface area contributed by atoms with E-state index in [1.165, 1.54) is 4.90 Å². The van der Waals surface area contributed by atoms with Crippen LogP contribution in [-0.4, -0.2) is 56.6 Å². The van der Waals surface area contributed by atoms with Crippen LogP contribution in [0.3, 0.4) is 0 Å². The van der Waals surface area contributed by atoms with E-state index in [-0.39, 0.29) is 12.8 Å². The average Bonchev–Trinajstić information content (AvgIpc) is 3.18. The maximum absolute atomic E-state index is 12.4. The third kappa shape index (κ3) is 4.91. The summed E-state index contributed by atoms with van der Waals surface area (Å²) in [4.78, 5) is 5.54. The number of fused-ring (bicyclic) bond motifs is 1. The van der Waals surface area contributed by atoms with Crippen molar-refractivity contribution in [1.82, 2.24) is 15.5 Å². The van der Waals surface area contributed by atoms with E-state index in [4.69, 9.17) is 9.47 Å². The quantitative estimate of drug-likeness (QED) is 0.634. The first-order valence-corrected chi connectivity index (χ1v) is 8.08. The SMILES string of the molecule is CN=C(NCc1ccc2c(c1)OCO2)NC1CCN(CC(F)(F)F)C1. The second-order valence-electron chi connectivity index (χ2n) is 6.09. The first-order chi connectivity index (χ1) is 11.9. The third-order valence-corrected chi connectivity index (χ3v) is 4.14. The highest BCUT2D eigenvalue weighted by atomic mass is 19.4. The summed E-state index contributed by atoms with van der Waals surface area (Å²) in [6.45, 7) is 0.663. The number of halogens is 3. The molecule has 1 aromatic carbocycles. The number of guanidine groups is 1. The fraction of sp³-hybridized carbons (Fsp3) is 0.562. The summed E-state index contributed by atoms with van der Waals surface area (Å²) >= 11 is 0. The summed E-state index contributed by atoms with van der Waals surface area (Å²) in [7, 11) is 1.64. The van der Waals surface area contributed by atoms with Crippen LogP contribution < -0.4 is 20.1 Å². The molecule has 9 heteroatoms. The van der Waals surface area contributed by atoms with Gasteiger partial charge in [0.15, 0.2) is 17.5 Å². The predicted octanol–water partition coefficient (Wildman–Crippen LogP) is 1.72.